The van der Waals surface area contributed by atoms with Crippen molar-refractivity contribution in [1.29, 1.82) is 0 Å². The number of H-pyrrole nitrogens is 1. The molecule has 3 nitrogen and oxygen atoms in total. The first kappa shape index (κ1) is 13.6. The third kappa shape index (κ3) is 2.37. The number of fused-ring (bicyclic) bond motifs is 1. The highest BCUT2D eigenvalue weighted by Gasteiger charge is 2.32. The number of aromatic amines is 1. The first-order chi connectivity index (χ1) is 9.86. The van der Waals surface area contributed by atoms with E-state index < -0.39 is 11.7 Å². The lowest BCUT2D eigenvalue weighted by atomic mass is 9.97. The third-order valence-corrected chi connectivity index (χ3v) is 3.40. The van der Waals surface area contributed by atoms with Gasteiger partial charge in [-0.1, -0.05) is 6.07 Å². The second-order valence-electron chi connectivity index (χ2n) is 4.94. The quantitative estimate of drug-likeness (QED) is 0.727. The smallest absolute Gasteiger partial charge is 0.278 e. The van der Waals surface area contributed by atoms with Gasteiger partial charge < -0.3 is 0 Å². The molecular weight excluding hydrogens is 279 g/mol. The van der Waals surface area contributed by atoms with Crippen LogP contribution in [-0.2, 0) is 6.18 Å². The first-order valence-electron chi connectivity index (χ1n) is 6.35. The van der Waals surface area contributed by atoms with E-state index in [4.69, 9.17) is 0 Å². The molecule has 0 aliphatic rings. The highest BCUT2D eigenvalue weighted by atomic mass is 19.4. The molecule has 3 aromatic rings. The number of hydrogen-bond acceptors (Lipinski definition) is 2. The normalized spacial score (nSPS) is 12.0. The van der Waals surface area contributed by atoms with Crippen molar-refractivity contribution in [2.75, 3.05) is 0 Å². The fourth-order valence-corrected chi connectivity index (χ4v) is 2.41. The first-order valence-corrected chi connectivity index (χ1v) is 6.35. The van der Waals surface area contributed by atoms with Crippen LogP contribution in [0.5, 0.6) is 0 Å². The molecule has 6 heteroatoms. The zero-order valence-electron chi connectivity index (χ0n) is 11.4. The maximum atomic E-state index is 13.0. The number of aromatic nitrogens is 3. The predicted molar refractivity (Wildman–Crippen MR) is 73.8 cm³/mol. The van der Waals surface area contributed by atoms with Crippen LogP contribution in [0.3, 0.4) is 0 Å². The Hall–Kier alpha value is -2.37. The highest BCUT2D eigenvalue weighted by Crippen LogP contribution is 2.37. The van der Waals surface area contributed by atoms with Crippen LogP contribution < -0.4 is 0 Å². The van der Waals surface area contributed by atoms with Crippen molar-refractivity contribution < 1.29 is 13.2 Å². The van der Waals surface area contributed by atoms with Crippen molar-refractivity contribution in [2.24, 2.45) is 0 Å². The van der Waals surface area contributed by atoms with Gasteiger partial charge in [0.15, 0.2) is 0 Å². The molecule has 108 valence electrons. The van der Waals surface area contributed by atoms with Crippen LogP contribution in [-0.4, -0.2) is 15.2 Å². The summed E-state index contributed by atoms with van der Waals surface area (Å²) in [5, 5.41) is 7.10. The molecule has 0 saturated heterocycles. The summed E-state index contributed by atoms with van der Waals surface area (Å²) in [6.07, 6.45) is -2.87. The zero-order valence-corrected chi connectivity index (χ0v) is 11.4. The Bertz CT molecular complexity index is 819. The average molecular weight is 291 g/mol. The van der Waals surface area contributed by atoms with E-state index in [0.717, 1.165) is 17.8 Å². The molecule has 0 saturated carbocycles. The van der Waals surface area contributed by atoms with Crippen molar-refractivity contribution in [2.45, 2.75) is 20.0 Å². The number of nitrogens with zero attached hydrogens (tertiary/aromatic N) is 2. The summed E-state index contributed by atoms with van der Waals surface area (Å²) in [5.41, 5.74) is 2.34. The van der Waals surface area contributed by atoms with Crippen molar-refractivity contribution >= 4 is 10.9 Å². The van der Waals surface area contributed by atoms with Crippen LogP contribution in [0, 0.1) is 13.8 Å². The number of alkyl halides is 3. The van der Waals surface area contributed by atoms with Crippen molar-refractivity contribution in [1.82, 2.24) is 15.2 Å². The minimum absolute atomic E-state index is 0.361. The summed E-state index contributed by atoms with van der Waals surface area (Å²) >= 11 is 0. The van der Waals surface area contributed by atoms with Gasteiger partial charge in [0.05, 0.1) is 17.3 Å². The van der Waals surface area contributed by atoms with Gasteiger partial charge in [0, 0.05) is 22.3 Å². The molecule has 0 spiro atoms. The van der Waals surface area contributed by atoms with Gasteiger partial charge in [-0.05, 0) is 37.6 Å². The monoisotopic (exact) mass is 291 g/mol. The molecule has 2 aromatic heterocycles. The molecule has 0 aliphatic heterocycles. The molecule has 3 rings (SSSR count). The summed E-state index contributed by atoms with van der Waals surface area (Å²) in [6, 6.07) is 5.80. The van der Waals surface area contributed by atoms with Crippen LogP contribution >= 0.6 is 0 Å². The number of benzene rings is 1. The topological polar surface area (TPSA) is 41.6 Å². The Morgan fingerprint density at radius 2 is 1.81 bits per heavy atom. The van der Waals surface area contributed by atoms with Crippen molar-refractivity contribution in [3.63, 3.8) is 0 Å². The summed E-state index contributed by atoms with van der Waals surface area (Å²) in [6.45, 7) is 3.63. The van der Waals surface area contributed by atoms with Gasteiger partial charge in [-0.25, -0.2) is 0 Å². The van der Waals surface area contributed by atoms with E-state index in [2.05, 4.69) is 15.2 Å². The summed E-state index contributed by atoms with van der Waals surface area (Å²) in [4.78, 5) is 4.32. The molecule has 0 unspecified atom stereocenters. The van der Waals surface area contributed by atoms with Crippen molar-refractivity contribution in [3.05, 3.63) is 47.4 Å². The van der Waals surface area contributed by atoms with Crippen LogP contribution in [0.2, 0.25) is 0 Å². The van der Waals surface area contributed by atoms with Gasteiger partial charge in [0.25, 0.3) is 0 Å². The lowest BCUT2D eigenvalue weighted by molar-refractivity contribution is -0.137. The molecule has 0 amide bonds. The van der Waals surface area contributed by atoms with Gasteiger partial charge in [-0.2, -0.15) is 18.3 Å². The number of aryl methyl sites for hydroxylation is 2. The Balaban J connectivity index is 2.32. The standard InChI is InChI=1S/C15H12F3N3/c1-8-3-4-11(9(2)20-8)12-5-10(15(16,17)18)6-14-13(12)7-19-21-14/h3-7H,1-2H3,(H,19,21). The van der Waals surface area contributed by atoms with E-state index in [9.17, 15) is 13.2 Å². The van der Waals surface area contributed by atoms with Gasteiger partial charge >= 0.3 is 6.18 Å². The van der Waals surface area contributed by atoms with E-state index in [1.807, 2.05) is 6.92 Å². The molecule has 2 heterocycles. The molecule has 0 fully saturated rings. The molecule has 1 aromatic carbocycles. The number of pyridine rings is 1. The molecule has 21 heavy (non-hydrogen) atoms. The molecular formula is C15H12F3N3. The number of nitrogens with one attached hydrogen (secondary N) is 1. The zero-order chi connectivity index (χ0) is 15.2. The molecule has 1 N–H and O–H groups in total. The van der Waals surface area contributed by atoms with E-state index in [-0.39, 0.29) is 0 Å². The lowest BCUT2D eigenvalue weighted by Gasteiger charge is -2.12. The van der Waals surface area contributed by atoms with E-state index >= 15 is 0 Å². The van der Waals surface area contributed by atoms with Gasteiger partial charge in [-0.3, -0.25) is 10.1 Å². The fraction of sp³-hybridized carbons (Fsp3) is 0.200. The van der Waals surface area contributed by atoms with Crippen LogP contribution in [0.25, 0.3) is 22.0 Å². The lowest BCUT2D eigenvalue weighted by Crippen LogP contribution is -2.05. The molecule has 0 radical (unpaired) electrons. The maximum absolute atomic E-state index is 13.0. The van der Waals surface area contributed by atoms with Gasteiger partial charge in [0.1, 0.15) is 0 Å². The molecule has 0 bridgehead atoms. The largest absolute Gasteiger partial charge is 0.416 e. The predicted octanol–water partition coefficient (Wildman–Crippen LogP) is 4.26. The number of halogens is 3. The third-order valence-electron chi connectivity index (χ3n) is 3.40. The second kappa shape index (κ2) is 4.58. The van der Waals surface area contributed by atoms with Crippen LogP contribution in [0.15, 0.2) is 30.5 Å². The van der Waals surface area contributed by atoms with Crippen LogP contribution in [0.4, 0.5) is 13.2 Å². The number of hydrogen-bond donors (Lipinski definition) is 1. The Kier molecular flexibility index (Phi) is 2.97. The molecule has 0 atom stereocenters. The van der Waals surface area contributed by atoms with Crippen LogP contribution in [0.1, 0.15) is 17.0 Å². The van der Waals surface area contributed by atoms with E-state index in [0.29, 0.717) is 27.7 Å². The summed E-state index contributed by atoms with van der Waals surface area (Å²) < 4.78 is 39.1. The Morgan fingerprint density at radius 1 is 1.05 bits per heavy atom. The van der Waals surface area contributed by atoms with E-state index in [1.165, 1.54) is 6.20 Å². The second-order valence-corrected chi connectivity index (χ2v) is 4.94. The van der Waals surface area contributed by atoms with E-state index in [1.54, 1.807) is 19.1 Å². The Labute approximate surface area is 118 Å². The fourth-order valence-electron chi connectivity index (χ4n) is 2.41. The Morgan fingerprint density at radius 3 is 2.48 bits per heavy atom. The number of rotatable bonds is 1. The highest BCUT2D eigenvalue weighted by molar-refractivity contribution is 5.95. The average Bonchev–Trinajstić information content (AvgIpc) is 2.85. The summed E-state index contributed by atoms with van der Waals surface area (Å²) in [7, 11) is 0. The minimum Gasteiger partial charge on any atom is -0.278 e. The van der Waals surface area contributed by atoms with Gasteiger partial charge in [-0.15, -0.1) is 0 Å². The maximum Gasteiger partial charge on any atom is 0.416 e. The SMILES string of the molecule is Cc1ccc(-c2cc(C(F)(F)F)cc3[nH]ncc23)c(C)n1. The minimum atomic E-state index is -4.40. The van der Waals surface area contributed by atoms with Crippen molar-refractivity contribution in [3.8, 4) is 11.1 Å². The summed E-state index contributed by atoms with van der Waals surface area (Å²) in [5.74, 6) is 0. The van der Waals surface area contributed by atoms with Gasteiger partial charge in [0.2, 0.25) is 0 Å². The molecule has 0 aliphatic carbocycles.